The highest BCUT2D eigenvalue weighted by Crippen LogP contribution is 2.33. The molecule has 0 amide bonds. The molecule has 0 radical (unpaired) electrons. The van der Waals surface area contributed by atoms with E-state index in [2.05, 4.69) is 22.2 Å². The lowest BCUT2D eigenvalue weighted by molar-refractivity contribution is -0.176. The zero-order valence-electron chi connectivity index (χ0n) is 12.2. The van der Waals surface area contributed by atoms with Crippen molar-refractivity contribution < 1.29 is 13.2 Å². The van der Waals surface area contributed by atoms with Crippen molar-refractivity contribution in [2.45, 2.75) is 38.9 Å². The summed E-state index contributed by atoms with van der Waals surface area (Å²) < 4.78 is 38.4. The number of hydrogen-bond donors (Lipinski definition) is 1. The Morgan fingerprint density at radius 3 is 2.67 bits per heavy atom. The predicted octanol–water partition coefficient (Wildman–Crippen LogP) is 2.75. The molecule has 7 heteroatoms. The maximum Gasteiger partial charge on any atom is 0.393 e. The molecular formula is C14H21F3N4. The summed E-state index contributed by atoms with van der Waals surface area (Å²) in [5.74, 6) is -0.885. The van der Waals surface area contributed by atoms with E-state index in [1.807, 2.05) is 0 Å². The van der Waals surface area contributed by atoms with E-state index in [-0.39, 0.29) is 13.0 Å². The number of nitrogens with zero attached hydrogens (tertiary/aromatic N) is 3. The molecule has 2 heterocycles. The van der Waals surface area contributed by atoms with Gasteiger partial charge in [-0.3, -0.25) is 0 Å². The predicted molar refractivity (Wildman–Crippen MR) is 75.0 cm³/mol. The third kappa shape index (κ3) is 4.56. The second-order valence-corrected chi connectivity index (χ2v) is 5.39. The first-order chi connectivity index (χ1) is 10.0. The van der Waals surface area contributed by atoms with Crippen LogP contribution in [0.2, 0.25) is 0 Å². The molecule has 1 aromatic heterocycles. The summed E-state index contributed by atoms with van der Waals surface area (Å²) in [6.45, 7) is 4.22. The average Bonchev–Trinajstić information content (AvgIpc) is 2.47. The number of piperidine rings is 1. The number of aromatic nitrogens is 2. The van der Waals surface area contributed by atoms with Gasteiger partial charge in [-0.1, -0.05) is 6.92 Å². The number of alkyl halides is 3. The van der Waals surface area contributed by atoms with Gasteiger partial charge in [0.05, 0.1) is 5.92 Å². The first-order valence-corrected chi connectivity index (χ1v) is 7.34. The topological polar surface area (TPSA) is 41.1 Å². The molecule has 0 spiro atoms. The molecule has 21 heavy (non-hydrogen) atoms. The lowest BCUT2D eigenvalue weighted by Crippen LogP contribution is -2.42. The molecule has 1 aliphatic rings. The van der Waals surface area contributed by atoms with Crippen molar-refractivity contribution in [1.29, 1.82) is 0 Å². The Hall–Kier alpha value is -1.37. The monoisotopic (exact) mass is 302 g/mol. The van der Waals surface area contributed by atoms with Gasteiger partial charge in [-0.15, -0.1) is 0 Å². The van der Waals surface area contributed by atoms with Crippen LogP contribution in [-0.2, 0) is 6.54 Å². The van der Waals surface area contributed by atoms with E-state index < -0.39 is 12.1 Å². The molecule has 1 saturated heterocycles. The van der Waals surface area contributed by atoms with Crippen LogP contribution in [0.1, 0.15) is 31.7 Å². The van der Waals surface area contributed by atoms with Crippen LogP contribution < -0.4 is 10.2 Å². The fourth-order valence-corrected chi connectivity index (χ4v) is 2.44. The van der Waals surface area contributed by atoms with Crippen molar-refractivity contribution >= 4 is 5.95 Å². The Labute approximate surface area is 122 Å². The maximum absolute atomic E-state index is 12.8. The molecule has 0 aromatic carbocycles. The molecule has 4 nitrogen and oxygen atoms in total. The first kappa shape index (κ1) is 16.0. The van der Waals surface area contributed by atoms with Crippen LogP contribution in [0.15, 0.2) is 12.4 Å². The number of nitrogens with one attached hydrogen (secondary N) is 1. The van der Waals surface area contributed by atoms with Crippen LogP contribution in [-0.4, -0.2) is 35.8 Å². The number of hydrogen-bond acceptors (Lipinski definition) is 4. The molecule has 118 valence electrons. The van der Waals surface area contributed by atoms with E-state index in [9.17, 15) is 13.2 Å². The van der Waals surface area contributed by atoms with Gasteiger partial charge in [-0.2, -0.15) is 13.2 Å². The summed E-state index contributed by atoms with van der Waals surface area (Å²) in [7, 11) is 0. The molecule has 1 N–H and O–H groups in total. The summed E-state index contributed by atoms with van der Waals surface area (Å²) in [5.41, 5.74) is 0.941. The Balaban J connectivity index is 1.95. The van der Waals surface area contributed by atoms with Gasteiger partial charge in [0.25, 0.3) is 0 Å². The Kier molecular flexibility index (Phi) is 5.39. The van der Waals surface area contributed by atoms with E-state index in [1.54, 1.807) is 17.3 Å². The summed E-state index contributed by atoms with van der Waals surface area (Å²) in [6, 6.07) is 0. The van der Waals surface area contributed by atoms with Crippen molar-refractivity contribution in [3.05, 3.63) is 18.0 Å². The summed E-state index contributed by atoms with van der Waals surface area (Å²) in [4.78, 5) is 10.0. The standard InChI is InChI=1S/C14H21F3N4/c1-2-5-18-7-11-8-19-13(20-9-11)21-6-3-4-12(10-21)14(15,16)17/h8-9,12,18H,2-7,10H2,1H3. The van der Waals surface area contributed by atoms with Crippen molar-refractivity contribution in [2.75, 3.05) is 24.5 Å². The van der Waals surface area contributed by atoms with Crippen LogP contribution in [0.4, 0.5) is 19.1 Å². The Bertz CT molecular complexity index is 433. The SMILES string of the molecule is CCCNCc1cnc(N2CCCC(C(F)(F)F)C2)nc1. The summed E-state index contributed by atoms with van der Waals surface area (Å²) in [6.07, 6.45) is 0.991. The second kappa shape index (κ2) is 7.06. The van der Waals surface area contributed by atoms with Gasteiger partial charge in [-0.25, -0.2) is 9.97 Å². The molecule has 1 atom stereocenters. The largest absolute Gasteiger partial charge is 0.393 e. The zero-order chi connectivity index (χ0) is 15.3. The van der Waals surface area contributed by atoms with Gasteiger partial charge >= 0.3 is 6.18 Å². The van der Waals surface area contributed by atoms with Crippen LogP contribution in [0.25, 0.3) is 0 Å². The number of rotatable bonds is 5. The number of anilines is 1. The first-order valence-electron chi connectivity index (χ1n) is 7.34. The van der Waals surface area contributed by atoms with Gasteiger partial charge in [0.2, 0.25) is 5.95 Å². The van der Waals surface area contributed by atoms with Gasteiger partial charge in [0.15, 0.2) is 0 Å². The molecule has 0 bridgehead atoms. The van der Waals surface area contributed by atoms with Gasteiger partial charge in [-0.05, 0) is 25.8 Å². The minimum Gasteiger partial charge on any atom is -0.340 e. The lowest BCUT2D eigenvalue weighted by Gasteiger charge is -2.33. The fourth-order valence-electron chi connectivity index (χ4n) is 2.44. The quantitative estimate of drug-likeness (QED) is 0.849. The zero-order valence-corrected chi connectivity index (χ0v) is 12.2. The van der Waals surface area contributed by atoms with E-state index >= 15 is 0 Å². The Morgan fingerprint density at radius 2 is 2.05 bits per heavy atom. The third-order valence-corrected chi connectivity index (χ3v) is 3.61. The van der Waals surface area contributed by atoms with Crippen LogP contribution in [0.3, 0.4) is 0 Å². The summed E-state index contributed by atoms with van der Waals surface area (Å²) >= 11 is 0. The van der Waals surface area contributed by atoms with Crippen LogP contribution >= 0.6 is 0 Å². The van der Waals surface area contributed by atoms with E-state index in [0.717, 1.165) is 18.5 Å². The smallest absolute Gasteiger partial charge is 0.340 e. The van der Waals surface area contributed by atoms with Gasteiger partial charge < -0.3 is 10.2 Å². The highest BCUT2D eigenvalue weighted by atomic mass is 19.4. The van der Waals surface area contributed by atoms with E-state index in [1.165, 1.54) is 0 Å². The highest BCUT2D eigenvalue weighted by molar-refractivity contribution is 5.30. The molecule has 1 aromatic rings. The normalized spacial score (nSPS) is 19.8. The second-order valence-electron chi connectivity index (χ2n) is 5.39. The van der Waals surface area contributed by atoms with Gasteiger partial charge in [0.1, 0.15) is 0 Å². The van der Waals surface area contributed by atoms with Crippen LogP contribution in [0.5, 0.6) is 0 Å². The molecule has 1 fully saturated rings. The molecule has 0 saturated carbocycles. The van der Waals surface area contributed by atoms with Gasteiger partial charge in [0, 0.05) is 37.6 Å². The molecule has 1 aliphatic heterocycles. The third-order valence-electron chi connectivity index (χ3n) is 3.61. The number of halogens is 3. The minimum absolute atomic E-state index is 0.0447. The average molecular weight is 302 g/mol. The van der Waals surface area contributed by atoms with Crippen molar-refractivity contribution in [1.82, 2.24) is 15.3 Å². The van der Waals surface area contributed by atoms with Crippen LogP contribution in [0, 0.1) is 5.92 Å². The molecule has 0 aliphatic carbocycles. The molecule has 2 rings (SSSR count). The van der Waals surface area contributed by atoms with E-state index in [0.29, 0.717) is 25.5 Å². The lowest BCUT2D eigenvalue weighted by atomic mass is 9.98. The van der Waals surface area contributed by atoms with Crippen molar-refractivity contribution in [3.63, 3.8) is 0 Å². The van der Waals surface area contributed by atoms with E-state index in [4.69, 9.17) is 0 Å². The summed E-state index contributed by atoms with van der Waals surface area (Å²) in [5, 5.41) is 3.23. The highest BCUT2D eigenvalue weighted by Gasteiger charge is 2.42. The fraction of sp³-hybridized carbons (Fsp3) is 0.714. The van der Waals surface area contributed by atoms with Crippen molar-refractivity contribution in [2.24, 2.45) is 5.92 Å². The molecular weight excluding hydrogens is 281 g/mol. The maximum atomic E-state index is 12.8. The minimum atomic E-state index is -4.14. The Morgan fingerprint density at radius 1 is 1.33 bits per heavy atom. The molecule has 1 unspecified atom stereocenters. The van der Waals surface area contributed by atoms with Crippen molar-refractivity contribution in [3.8, 4) is 0 Å².